The number of alkyl halides is 3. The lowest BCUT2D eigenvalue weighted by atomic mass is 10.2. The topological polar surface area (TPSA) is 35.5 Å². The lowest BCUT2D eigenvalue weighted by Gasteiger charge is -2.12. The average Bonchev–Trinajstić information content (AvgIpc) is 2.40. The number of carbonyl (C=O) groups excluding carboxylic acids is 1. The standard InChI is InChI=1S/C10H4Cl3F5O3/c11-10(12,13)2-21-9(19)20-1-3-4(14)6(16)8(18)7(17)5(3)15/h1-2H2. The summed E-state index contributed by atoms with van der Waals surface area (Å²) in [7, 11) is 0. The van der Waals surface area contributed by atoms with Crippen molar-refractivity contribution in [2.24, 2.45) is 0 Å². The molecule has 0 unspecified atom stereocenters. The van der Waals surface area contributed by atoms with Crippen molar-refractivity contribution in [1.82, 2.24) is 0 Å². The summed E-state index contributed by atoms with van der Waals surface area (Å²) < 4.78 is 71.3. The van der Waals surface area contributed by atoms with Crippen LogP contribution in [0.15, 0.2) is 0 Å². The second-order valence-electron chi connectivity index (χ2n) is 3.49. The van der Waals surface area contributed by atoms with Crippen molar-refractivity contribution in [3.05, 3.63) is 34.6 Å². The first-order valence-corrected chi connectivity index (χ1v) is 6.04. The van der Waals surface area contributed by atoms with E-state index >= 15 is 0 Å². The third kappa shape index (κ3) is 4.76. The quantitative estimate of drug-likeness (QED) is 0.259. The first-order chi connectivity index (χ1) is 9.54. The van der Waals surface area contributed by atoms with Gasteiger partial charge in [-0.1, -0.05) is 34.8 Å². The molecule has 0 bridgehead atoms. The van der Waals surface area contributed by atoms with Crippen LogP contribution in [-0.4, -0.2) is 16.6 Å². The molecule has 0 spiro atoms. The van der Waals surface area contributed by atoms with Gasteiger partial charge in [0.05, 0.1) is 5.56 Å². The minimum absolute atomic E-state index is 0.742. The van der Waals surface area contributed by atoms with Crippen molar-refractivity contribution in [2.75, 3.05) is 6.61 Å². The van der Waals surface area contributed by atoms with Crippen LogP contribution in [0.5, 0.6) is 0 Å². The predicted octanol–water partition coefficient (Wildman–Crippen LogP) is 4.41. The molecule has 0 heterocycles. The number of hydrogen-bond acceptors (Lipinski definition) is 3. The molecular formula is C10H4Cl3F5O3. The van der Waals surface area contributed by atoms with E-state index in [9.17, 15) is 26.7 Å². The molecule has 0 amide bonds. The fourth-order valence-corrected chi connectivity index (χ4v) is 1.25. The molecule has 0 saturated carbocycles. The molecule has 0 aliphatic rings. The SMILES string of the molecule is O=C(OCc1c(F)c(F)c(F)c(F)c1F)OCC(Cl)(Cl)Cl. The number of carbonyl (C=O) groups is 1. The van der Waals surface area contributed by atoms with Crippen LogP contribution in [0.2, 0.25) is 0 Å². The maximum Gasteiger partial charge on any atom is 0.508 e. The lowest BCUT2D eigenvalue weighted by molar-refractivity contribution is 0.0493. The van der Waals surface area contributed by atoms with Crippen LogP contribution in [0.4, 0.5) is 26.7 Å². The molecule has 1 rings (SSSR count). The van der Waals surface area contributed by atoms with Crippen LogP contribution in [0, 0.1) is 29.1 Å². The van der Waals surface area contributed by atoms with Gasteiger partial charge in [0.15, 0.2) is 23.3 Å². The van der Waals surface area contributed by atoms with Crippen LogP contribution >= 0.6 is 34.8 Å². The molecule has 0 aromatic heterocycles. The van der Waals surface area contributed by atoms with Crippen molar-refractivity contribution >= 4 is 41.0 Å². The average molecular weight is 373 g/mol. The van der Waals surface area contributed by atoms with Gasteiger partial charge in [-0.05, 0) is 0 Å². The Morgan fingerprint density at radius 1 is 0.857 bits per heavy atom. The molecule has 0 saturated heterocycles. The summed E-state index contributed by atoms with van der Waals surface area (Å²) in [5.74, 6) is -10.9. The molecule has 0 aliphatic heterocycles. The molecule has 21 heavy (non-hydrogen) atoms. The number of halogens is 8. The van der Waals surface area contributed by atoms with E-state index in [1.165, 1.54) is 0 Å². The Kier molecular flexibility index (Phi) is 5.89. The van der Waals surface area contributed by atoms with E-state index in [-0.39, 0.29) is 0 Å². The van der Waals surface area contributed by atoms with Gasteiger partial charge >= 0.3 is 6.16 Å². The van der Waals surface area contributed by atoms with Crippen molar-refractivity contribution in [1.29, 1.82) is 0 Å². The molecule has 0 N–H and O–H groups in total. The first-order valence-electron chi connectivity index (χ1n) is 4.91. The van der Waals surface area contributed by atoms with Crippen LogP contribution in [-0.2, 0) is 16.1 Å². The molecule has 0 radical (unpaired) electrons. The van der Waals surface area contributed by atoms with Crippen LogP contribution < -0.4 is 0 Å². The molecule has 0 atom stereocenters. The summed E-state index contributed by atoms with van der Waals surface area (Å²) >= 11 is 15.7. The largest absolute Gasteiger partial charge is 0.508 e. The maximum absolute atomic E-state index is 13.2. The van der Waals surface area contributed by atoms with Crippen molar-refractivity contribution in [2.45, 2.75) is 10.4 Å². The summed E-state index contributed by atoms with van der Waals surface area (Å²) in [4.78, 5) is 11.0. The molecule has 118 valence electrons. The number of ether oxygens (including phenoxy) is 2. The second kappa shape index (κ2) is 6.85. The summed E-state index contributed by atoms with van der Waals surface area (Å²) in [6.07, 6.45) is -1.52. The normalized spacial score (nSPS) is 11.4. The summed E-state index contributed by atoms with van der Waals surface area (Å²) in [5, 5.41) is 0. The van der Waals surface area contributed by atoms with E-state index in [4.69, 9.17) is 34.8 Å². The second-order valence-corrected chi connectivity index (χ2v) is 6.01. The summed E-state index contributed by atoms with van der Waals surface area (Å²) in [6.45, 7) is -2.00. The number of benzene rings is 1. The third-order valence-corrected chi connectivity index (χ3v) is 2.32. The smallest absolute Gasteiger partial charge is 0.430 e. The Morgan fingerprint density at radius 2 is 1.29 bits per heavy atom. The zero-order valence-electron chi connectivity index (χ0n) is 9.66. The van der Waals surface area contributed by atoms with Gasteiger partial charge < -0.3 is 9.47 Å². The van der Waals surface area contributed by atoms with Crippen molar-refractivity contribution < 1.29 is 36.2 Å². The van der Waals surface area contributed by atoms with Crippen LogP contribution in [0.1, 0.15) is 5.56 Å². The lowest BCUT2D eigenvalue weighted by Crippen LogP contribution is -2.18. The molecule has 11 heteroatoms. The third-order valence-electron chi connectivity index (χ3n) is 1.99. The highest BCUT2D eigenvalue weighted by Crippen LogP contribution is 2.26. The first kappa shape index (κ1) is 18.1. The fraction of sp³-hybridized carbons (Fsp3) is 0.300. The number of rotatable bonds is 3. The molecular weight excluding hydrogens is 369 g/mol. The van der Waals surface area contributed by atoms with Gasteiger partial charge in [-0.3, -0.25) is 0 Å². The minimum atomic E-state index is -2.33. The van der Waals surface area contributed by atoms with E-state index in [2.05, 4.69) is 9.47 Å². The van der Waals surface area contributed by atoms with Crippen LogP contribution in [0.25, 0.3) is 0 Å². The van der Waals surface area contributed by atoms with E-state index in [0.717, 1.165) is 0 Å². The highest BCUT2D eigenvalue weighted by molar-refractivity contribution is 6.67. The predicted molar refractivity (Wildman–Crippen MR) is 62.7 cm³/mol. The minimum Gasteiger partial charge on any atom is -0.430 e. The highest BCUT2D eigenvalue weighted by atomic mass is 35.6. The fourth-order valence-electron chi connectivity index (χ4n) is 1.09. The van der Waals surface area contributed by atoms with Gasteiger partial charge in [0.25, 0.3) is 0 Å². The van der Waals surface area contributed by atoms with Gasteiger partial charge in [0, 0.05) is 0 Å². The Hall–Kier alpha value is -0.990. The highest BCUT2D eigenvalue weighted by Gasteiger charge is 2.27. The monoisotopic (exact) mass is 372 g/mol. The zero-order valence-corrected chi connectivity index (χ0v) is 11.9. The zero-order chi connectivity index (χ0) is 16.4. The number of hydrogen-bond donors (Lipinski definition) is 0. The van der Waals surface area contributed by atoms with Crippen molar-refractivity contribution in [3.8, 4) is 0 Å². The van der Waals surface area contributed by atoms with Gasteiger partial charge in [-0.15, -0.1) is 0 Å². The summed E-state index contributed by atoms with van der Waals surface area (Å²) in [5.41, 5.74) is -1.34. The van der Waals surface area contributed by atoms with Gasteiger partial charge in [0.1, 0.15) is 13.2 Å². The van der Waals surface area contributed by atoms with E-state index in [1.54, 1.807) is 0 Å². The Balaban J connectivity index is 2.79. The molecule has 3 nitrogen and oxygen atoms in total. The van der Waals surface area contributed by atoms with Crippen molar-refractivity contribution in [3.63, 3.8) is 0 Å². The molecule has 1 aromatic rings. The van der Waals surface area contributed by atoms with E-state index in [1.807, 2.05) is 0 Å². The maximum atomic E-state index is 13.2. The van der Waals surface area contributed by atoms with Gasteiger partial charge in [-0.2, -0.15) is 0 Å². The molecule has 0 fully saturated rings. The Morgan fingerprint density at radius 3 is 1.71 bits per heavy atom. The molecule has 0 aliphatic carbocycles. The molecule has 1 aromatic carbocycles. The van der Waals surface area contributed by atoms with Gasteiger partial charge in [-0.25, -0.2) is 26.7 Å². The Bertz CT molecular complexity index is 533. The van der Waals surface area contributed by atoms with Crippen LogP contribution in [0.3, 0.4) is 0 Å². The Labute approximate surface area is 129 Å². The van der Waals surface area contributed by atoms with Gasteiger partial charge in [0.2, 0.25) is 9.61 Å². The van der Waals surface area contributed by atoms with E-state index < -0.39 is 57.8 Å². The van der Waals surface area contributed by atoms with E-state index in [0.29, 0.717) is 0 Å². The summed E-state index contributed by atoms with van der Waals surface area (Å²) in [6, 6.07) is 0.